The Bertz CT molecular complexity index is 831. The van der Waals surface area contributed by atoms with Crippen molar-refractivity contribution in [3.05, 3.63) is 69.1 Å². The van der Waals surface area contributed by atoms with Gasteiger partial charge >= 0.3 is 6.03 Å². The minimum atomic E-state index is -0.138. The first-order valence-electron chi connectivity index (χ1n) is 8.93. The molecule has 6 heteroatoms. The summed E-state index contributed by atoms with van der Waals surface area (Å²) in [5.41, 5.74) is 3.31. The van der Waals surface area contributed by atoms with Crippen molar-refractivity contribution in [2.75, 3.05) is 26.7 Å². The van der Waals surface area contributed by atoms with Gasteiger partial charge in [-0.15, -0.1) is 0 Å². The maximum absolute atomic E-state index is 12.8. The van der Waals surface area contributed by atoms with E-state index in [9.17, 15) is 9.59 Å². The lowest BCUT2D eigenvalue weighted by atomic mass is 10.0. The van der Waals surface area contributed by atoms with Crippen molar-refractivity contribution in [1.29, 1.82) is 0 Å². The lowest BCUT2D eigenvalue weighted by molar-refractivity contribution is 0.108. The molecular weight excluding hydrogens is 328 g/mol. The molecule has 3 rings (SSSR count). The number of nitrogens with one attached hydrogen (secondary N) is 2. The third-order valence-corrected chi connectivity index (χ3v) is 4.94. The molecule has 1 fully saturated rings. The molecule has 0 saturated carbocycles. The van der Waals surface area contributed by atoms with Gasteiger partial charge < -0.3 is 20.1 Å². The summed E-state index contributed by atoms with van der Waals surface area (Å²) in [4.78, 5) is 31.9. The topological polar surface area (TPSA) is 68.4 Å². The summed E-state index contributed by atoms with van der Waals surface area (Å²) < 4.78 is 0. The Balaban J connectivity index is 1.75. The molecule has 1 aromatic carbocycles. The van der Waals surface area contributed by atoms with Crippen molar-refractivity contribution in [2.24, 2.45) is 0 Å². The van der Waals surface area contributed by atoms with Crippen LogP contribution in [0.2, 0.25) is 0 Å². The van der Waals surface area contributed by atoms with Gasteiger partial charge in [0, 0.05) is 30.9 Å². The molecular formula is C20H26N4O2. The van der Waals surface area contributed by atoms with E-state index in [0.717, 1.165) is 29.9 Å². The summed E-state index contributed by atoms with van der Waals surface area (Å²) in [6, 6.07) is 11.9. The van der Waals surface area contributed by atoms with E-state index in [0.29, 0.717) is 12.1 Å². The van der Waals surface area contributed by atoms with Crippen LogP contribution in [0, 0.1) is 13.8 Å². The Morgan fingerprint density at radius 1 is 1.23 bits per heavy atom. The van der Waals surface area contributed by atoms with E-state index in [4.69, 9.17) is 0 Å². The first-order chi connectivity index (χ1) is 12.5. The number of carbonyl (C=O) groups excluding carboxylic acids is 1. The number of rotatable bonds is 3. The molecule has 0 spiro atoms. The van der Waals surface area contributed by atoms with E-state index >= 15 is 0 Å². The van der Waals surface area contributed by atoms with Gasteiger partial charge in [-0.2, -0.15) is 0 Å². The van der Waals surface area contributed by atoms with Crippen molar-refractivity contribution in [1.82, 2.24) is 20.1 Å². The second-order valence-corrected chi connectivity index (χ2v) is 6.98. The van der Waals surface area contributed by atoms with Crippen LogP contribution < -0.4 is 10.9 Å². The standard InChI is InChI=1S/C20H26N4O2/c1-14-11-15(2)22-19(25)17(14)12-21-20(26)24-10-9-23(3)13-18(24)16-7-5-4-6-8-16/h4-8,11,18H,9-10,12-13H2,1-3H3,(H,21,26)(H,22,25). The molecule has 2 aromatic rings. The van der Waals surface area contributed by atoms with Gasteiger partial charge in [0.1, 0.15) is 0 Å². The van der Waals surface area contributed by atoms with Crippen molar-refractivity contribution in [2.45, 2.75) is 26.4 Å². The summed E-state index contributed by atoms with van der Waals surface area (Å²) in [6.45, 7) is 6.26. The van der Waals surface area contributed by atoms with Gasteiger partial charge in [-0.1, -0.05) is 30.3 Å². The van der Waals surface area contributed by atoms with Crippen LogP contribution in [0.3, 0.4) is 0 Å². The zero-order valence-corrected chi connectivity index (χ0v) is 15.6. The molecule has 6 nitrogen and oxygen atoms in total. The lowest BCUT2D eigenvalue weighted by Crippen LogP contribution is -2.52. The highest BCUT2D eigenvalue weighted by Crippen LogP contribution is 2.24. The second-order valence-electron chi connectivity index (χ2n) is 6.98. The Kier molecular flexibility index (Phi) is 5.42. The average molecular weight is 354 g/mol. The number of amides is 2. The third-order valence-electron chi connectivity index (χ3n) is 4.94. The summed E-state index contributed by atoms with van der Waals surface area (Å²) in [5, 5.41) is 2.93. The molecule has 0 aliphatic carbocycles. The largest absolute Gasteiger partial charge is 0.334 e. The molecule has 1 atom stereocenters. The van der Waals surface area contributed by atoms with Crippen LogP contribution in [-0.2, 0) is 6.54 Å². The first-order valence-corrected chi connectivity index (χ1v) is 8.93. The molecule has 1 aliphatic rings. The van der Waals surface area contributed by atoms with Crippen LogP contribution in [0.25, 0.3) is 0 Å². The number of aromatic amines is 1. The number of nitrogens with zero attached hydrogens (tertiary/aromatic N) is 2. The van der Waals surface area contributed by atoms with Crippen LogP contribution in [0.4, 0.5) is 4.79 Å². The number of hydrogen-bond donors (Lipinski definition) is 2. The molecule has 1 saturated heterocycles. The van der Waals surface area contributed by atoms with E-state index in [-0.39, 0.29) is 24.2 Å². The Morgan fingerprint density at radius 3 is 2.65 bits per heavy atom. The van der Waals surface area contributed by atoms with E-state index < -0.39 is 0 Å². The smallest absolute Gasteiger partial charge is 0.318 e. The highest BCUT2D eigenvalue weighted by Gasteiger charge is 2.30. The van der Waals surface area contributed by atoms with Crippen LogP contribution >= 0.6 is 0 Å². The van der Waals surface area contributed by atoms with E-state index in [1.165, 1.54) is 0 Å². The van der Waals surface area contributed by atoms with Crippen LogP contribution in [0.1, 0.15) is 28.4 Å². The Hall–Kier alpha value is -2.60. The predicted octanol–water partition coefficient (Wildman–Crippen LogP) is 2.19. The SMILES string of the molecule is Cc1cc(C)c(CNC(=O)N2CCN(C)CC2c2ccccc2)c(=O)[nH]1. The summed E-state index contributed by atoms with van der Waals surface area (Å²) >= 11 is 0. The van der Waals surface area contributed by atoms with E-state index in [1.807, 2.05) is 43.0 Å². The zero-order chi connectivity index (χ0) is 18.7. The highest BCUT2D eigenvalue weighted by molar-refractivity contribution is 5.75. The van der Waals surface area contributed by atoms with Gasteiger partial charge in [-0.3, -0.25) is 4.79 Å². The maximum atomic E-state index is 12.8. The predicted molar refractivity (Wildman–Crippen MR) is 102 cm³/mol. The zero-order valence-electron chi connectivity index (χ0n) is 15.6. The molecule has 0 bridgehead atoms. The number of urea groups is 1. The van der Waals surface area contributed by atoms with Crippen molar-refractivity contribution in [3.63, 3.8) is 0 Å². The third kappa shape index (κ3) is 3.96. The molecule has 2 heterocycles. The van der Waals surface area contributed by atoms with Crippen LogP contribution in [0.15, 0.2) is 41.2 Å². The normalized spacial score (nSPS) is 18.0. The first kappa shape index (κ1) is 18.2. The summed E-state index contributed by atoms with van der Waals surface area (Å²) in [7, 11) is 2.07. The van der Waals surface area contributed by atoms with Crippen molar-refractivity contribution in [3.8, 4) is 0 Å². The van der Waals surface area contributed by atoms with Crippen LogP contribution in [-0.4, -0.2) is 47.5 Å². The lowest BCUT2D eigenvalue weighted by Gasteiger charge is -2.40. The number of aromatic nitrogens is 1. The highest BCUT2D eigenvalue weighted by atomic mass is 16.2. The van der Waals surface area contributed by atoms with E-state index in [1.54, 1.807) is 0 Å². The number of likely N-dealkylation sites (N-methyl/N-ethyl adjacent to an activating group) is 1. The van der Waals surface area contributed by atoms with Crippen molar-refractivity contribution >= 4 is 6.03 Å². The molecule has 2 N–H and O–H groups in total. The number of aryl methyl sites for hydroxylation is 2. The van der Waals surface area contributed by atoms with Crippen molar-refractivity contribution < 1.29 is 4.79 Å². The fraction of sp³-hybridized carbons (Fsp3) is 0.400. The fourth-order valence-electron chi connectivity index (χ4n) is 3.49. The minimum absolute atomic E-state index is 0.00680. The number of benzene rings is 1. The second kappa shape index (κ2) is 7.74. The minimum Gasteiger partial charge on any atom is -0.334 e. The maximum Gasteiger partial charge on any atom is 0.318 e. The van der Waals surface area contributed by atoms with Gasteiger partial charge in [-0.05, 0) is 38.1 Å². The Labute approximate surface area is 153 Å². The average Bonchev–Trinajstić information content (AvgIpc) is 2.61. The summed E-state index contributed by atoms with van der Waals surface area (Å²) in [5.74, 6) is 0. The molecule has 1 aliphatic heterocycles. The van der Waals surface area contributed by atoms with Gasteiger partial charge in [0.25, 0.3) is 5.56 Å². The van der Waals surface area contributed by atoms with Gasteiger partial charge in [0.15, 0.2) is 0 Å². The monoisotopic (exact) mass is 354 g/mol. The summed E-state index contributed by atoms with van der Waals surface area (Å²) in [6.07, 6.45) is 0. The fourth-order valence-corrected chi connectivity index (χ4v) is 3.49. The van der Waals surface area contributed by atoms with E-state index in [2.05, 4.69) is 34.4 Å². The number of hydrogen-bond acceptors (Lipinski definition) is 3. The molecule has 2 amide bonds. The van der Waals surface area contributed by atoms with Crippen LogP contribution in [0.5, 0.6) is 0 Å². The molecule has 138 valence electrons. The number of H-pyrrole nitrogens is 1. The Morgan fingerprint density at radius 2 is 1.96 bits per heavy atom. The number of carbonyl (C=O) groups is 1. The van der Waals surface area contributed by atoms with Gasteiger partial charge in [-0.25, -0.2) is 4.79 Å². The molecule has 26 heavy (non-hydrogen) atoms. The van der Waals surface area contributed by atoms with Gasteiger partial charge in [0.05, 0.1) is 12.6 Å². The molecule has 1 unspecified atom stereocenters. The van der Waals surface area contributed by atoms with Gasteiger partial charge in [0.2, 0.25) is 0 Å². The quantitative estimate of drug-likeness (QED) is 0.888. The molecule has 1 aromatic heterocycles. The number of piperazine rings is 1. The molecule has 0 radical (unpaired) electrons. The number of pyridine rings is 1.